The molecule has 0 aliphatic heterocycles. The molecule has 0 bridgehead atoms. The summed E-state index contributed by atoms with van der Waals surface area (Å²) in [6.45, 7) is 6.03. The molecule has 3 aromatic rings. The lowest BCUT2D eigenvalue weighted by molar-refractivity contribution is 0.102. The first-order valence-corrected chi connectivity index (χ1v) is 7.99. The summed E-state index contributed by atoms with van der Waals surface area (Å²) in [5.74, 6) is -0.902. The standard InChI is InChI=1S/C19H18FN3O2/c1-4-23-10-15(17(24)14-7-5-12(3)21-18(14)23)19(25)22-16-8-6-13(20)9-11(16)2/h5-10H,4H2,1-3H3,(H,22,25). The minimum absolute atomic E-state index is 0.0312. The van der Waals surface area contributed by atoms with Crippen molar-refractivity contribution in [2.45, 2.75) is 27.3 Å². The van der Waals surface area contributed by atoms with Gasteiger partial charge in [0.2, 0.25) is 5.43 Å². The molecule has 0 saturated carbocycles. The summed E-state index contributed by atoms with van der Waals surface area (Å²) in [4.78, 5) is 29.7. The van der Waals surface area contributed by atoms with Crippen LogP contribution in [0.2, 0.25) is 0 Å². The Bertz CT molecular complexity index is 1040. The number of nitrogens with one attached hydrogen (secondary N) is 1. The molecular weight excluding hydrogens is 321 g/mol. The summed E-state index contributed by atoms with van der Waals surface area (Å²) < 4.78 is 15.0. The van der Waals surface area contributed by atoms with E-state index in [2.05, 4.69) is 10.3 Å². The number of amides is 1. The molecular formula is C19H18FN3O2. The van der Waals surface area contributed by atoms with Crippen molar-refractivity contribution < 1.29 is 9.18 Å². The van der Waals surface area contributed by atoms with Crippen molar-refractivity contribution in [1.29, 1.82) is 0 Å². The number of aryl methyl sites for hydroxylation is 3. The number of carbonyl (C=O) groups is 1. The van der Waals surface area contributed by atoms with Gasteiger partial charge >= 0.3 is 0 Å². The van der Waals surface area contributed by atoms with Crippen molar-refractivity contribution in [2.75, 3.05) is 5.32 Å². The predicted molar refractivity (Wildman–Crippen MR) is 95.5 cm³/mol. The van der Waals surface area contributed by atoms with Crippen LogP contribution in [0.5, 0.6) is 0 Å². The first-order valence-electron chi connectivity index (χ1n) is 7.99. The third-order valence-corrected chi connectivity index (χ3v) is 4.08. The Hall–Kier alpha value is -3.02. The van der Waals surface area contributed by atoms with Crippen LogP contribution in [0.15, 0.2) is 41.3 Å². The number of fused-ring (bicyclic) bond motifs is 1. The summed E-state index contributed by atoms with van der Waals surface area (Å²) >= 11 is 0. The fourth-order valence-corrected chi connectivity index (χ4v) is 2.72. The number of hydrogen-bond donors (Lipinski definition) is 1. The van der Waals surface area contributed by atoms with Crippen molar-refractivity contribution in [2.24, 2.45) is 0 Å². The fourth-order valence-electron chi connectivity index (χ4n) is 2.72. The van der Waals surface area contributed by atoms with E-state index in [4.69, 9.17) is 0 Å². The zero-order valence-corrected chi connectivity index (χ0v) is 14.3. The zero-order chi connectivity index (χ0) is 18.1. The van der Waals surface area contributed by atoms with Gasteiger partial charge in [-0.2, -0.15) is 0 Å². The van der Waals surface area contributed by atoms with Crippen molar-refractivity contribution in [3.05, 3.63) is 69.4 Å². The molecule has 1 N–H and O–H groups in total. The van der Waals surface area contributed by atoms with Crippen molar-refractivity contribution in [3.8, 4) is 0 Å². The van der Waals surface area contributed by atoms with Gasteiger partial charge in [-0.3, -0.25) is 9.59 Å². The van der Waals surface area contributed by atoms with Crippen LogP contribution < -0.4 is 10.7 Å². The summed E-state index contributed by atoms with van der Waals surface area (Å²) in [5.41, 5.74) is 2.07. The number of hydrogen-bond acceptors (Lipinski definition) is 3. The third kappa shape index (κ3) is 3.15. The number of carbonyl (C=O) groups excluding carboxylic acids is 1. The van der Waals surface area contributed by atoms with E-state index in [1.54, 1.807) is 23.6 Å². The van der Waals surface area contributed by atoms with Gasteiger partial charge in [0.1, 0.15) is 17.0 Å². The minimum Gasteiger partial charge on any atom is -0.332 e. The molecule has 0 radical (unpaired) electrons. The second-order valence-corrected chi connectivity index (χ2v) is 5.90. The molecule has 0 spiro atoms. The zero-order valence-electron chi connectivity index (χ0n) is 14.3. The van der Waals surface area contributed by atoms with E-state index in [0.29, 0.717) is 28.8 Å². The highest BCUT2D eigenvalue weighted by Gasteiger charge is 2.17. The molecule has 0 atom stereocenters. The van der Waals surface area contributed by atoms with Crippen LogP contribution in [0.3, 0.4) is 0 Å². The van der Waals surface area contributed by atoms with Crippen LogP contribution in [0.25, 0.3) is 11.0 Å². The Balaban J connectivity index is 2.08. The number of anilines is 1. The molecule has 0 unspecified atom stereocenters. The molecule has 5 nitrogen and oxygen atoms in total. The summed E-state index contributed by atoms with van der Waals surface area (Å²) in [7, 11) is 0. The van der Waals surface area contributed by atoms with Gasteiger partial charge < -0.3 is 9.88 Å². The molecule has 6 heteroatoms. The Morgan fingerprint density at radius 3 is 2.68 bits per heavy atom. The van der Waals surface area contributed by atoms with Gasteiger partial charge in [-0.1, -0.05) is 0 Å². The maximum absolute atomic E-state index is 13.2. The lowest BCUT2D eigenvalue weighted by Crippen LogP contribution is -2.24. The highest BCUT2D eigenvalue weighted by Crippen LogP contribution is 2.17. The van der Waals surface area contributed by atoms with Gasteiger partial charge in [0.25, 0.3) is 5.91 Å². The SMILES string of the molecule is CCn1cc(C(=O)Nc2ccc(F)cc2C)c(=O)c2ccc(C)nc21. The van der Waals surface area contributed by atoms with Crippen LogP contribution in [0.1, 0.15) is 28.5 Å². The van der Waals surface area contributed by atoms with Gasteiger partial charge in [-0.25, -0.2) is 9.37 Å². The average molecular weight is 339 g/mol. The molecule has 25 heavy (non-hydrogen) atoms. The molecule has 0 aliphatic rings. The number of aromatic nitrogens is 2. The van der Waals surface area contributed by atoms with Gasteiger partial charge in [0, 0.05) is 24.1 Å². The van der Waals surface area contributed by atoms with E-state index in [1.165, 1.54) is 24.4 Å². The Morgan fingerprint density at radius 1 is 1.24 bits per heavy atom. The maximum atomic E-state index is 13.2. The summed E-state index contributed by atoms with van der Waals surface area (Å²) in [5, 5.41) is 3.08. The highest BCUT2D eigenvalue weighted by molar-refractivity contribution is 6.05. The second-order valence-electron chi connectivity index (χ2n) is 5.90. The maximum Gasteiger partial charge on any atom is 0.261 e. The van der Waals surface area contributed by atoms with Crippen LogP contribution in [0.4, 0.5) is 10.1 Å². The first-order chi connectivity index (χ1) is 11.9. The molecule has 0 aliphatic carbocycles. The predicted octanol–water partition coefficient (Wildman–Crippen LogP) is 3.42. The fraction of sp³-hybridized carbons (Fsp3) is 0.211. The summed E-state index contributed by atoms with van der Waals surface area (Å²) in [6, 6.07) is 7.50. The Kier molecular flexibility index (Phi) is 4.35. The minimum atomic E-state index is -0.524. The van der Waals surface area contributed by atoms with Gasteiger partial charge in [-0.05, 0) is 56.7 Å². The summed E-state index contributed by atoms with van der Waals surface area (Å²) in [6.07, 6.45) is 1.52. The second kappa shape index (κ2) is 6.47. The highest BCUT2D eigenvalue weighted by atomic mass is 19.1. The molecule has 1 amide bonds. The van der Waals surface area contributed by atoms with E-state index in [9.17, 15) is 14.0 Å². The van der Waals surface area contributed by atoms with E-state index < -0.39 is 5.91 Å². The van der Waals surface area contributed by atoms with Crippen LogP contribution in [-0.4, -0.2) is 15.5 Å². The van der Waals surface area contributed by atoms with Crippen LogP contribution in [0, 0.1) is 19.7 Å². The Labute approximate surface area is 144 Å². The molecule has 2 heterocycles. The molecule has 2 aromatic heterocycles. The molecule has 1 aromatic carbocycles. The molecule has 128 valence electrons. The van der Waals surface area contributed by atoms with Crippen LogP contribution >= 0.6 is 0 Å². The number of halogens is 1. The smallest absolute Gasteiger partial charge is 0.261 e. The largest absolute Gasteiger partial charge is 0.332 e. The quantitative estimate of drug-likeness (QED) is 0.795. The van der Waals surface area contributed by atoms with E-state index >= 15 is 0 Å². The van der Waals surface area contributed by atoms with Gasteiger partial charge in [0.05, 0.1) is 5.39 Å². The van der Waals surface area contributed by atoms with E-state index in [1.807, 2.05) is 13.8 Å². The lowest BCUT2D eigenvalue weighted by atomic mass is 10.1. The number of rotatable bonds is 3. The van der Waals surface area contributed by atoms with Gasteiger partial charge in [0.15, 0.2) is 0 Å². The lowest BCUT2D eigenvalue weighted by Gasteiger charge is -2.12. The number of benzene rings is 1. The number of pyridine rings is 2. The van der Waals surface area contributed by atoms with Crippen molar-refractivity contribution in [1.82, 2.24) is 9.55 Å². The average Bonchev–Trinajstić information content (AvgIpc) is 2.57. The van der Waals surface area contributed by atoms with E-state index in [0.717, 1.165) is 5.69 Å². The molecule has 3 rings (SSSR count). The first kappa shape index (κ1) is 16.8. The normalized spacial score (nSPS) is 10.9. The monoisotopic (exact) mass is 339 g/mol. The number of nitrogens with zero attached hydrogens (tertiary/aromatic N) is 2. The molecule has 0 saturated heterocycles. The Morgan fingerprint density at radius 2 is 2.00 bits per heavy atom. The third-order valence-electron chi connectivity index (χ3n) is 4.08. The van der Waals surface area contributed by atoms with E-state index in [-0.39, 0.29) is 16.8 Å². The van der Waals surface area contributed by atoms with Crippen LogP contribution in [-0.2, 0) is 6.54 Å². The van der Waals surface area contributed by atoms with Gasteiger partial charge in [-0.15, -0.1) is 0 Å². The topological polar surface area (TPSA) is 64.0 Å². The molecule has 0 fully saturated rings. The van der Waals surface area contributed by atoms with Crippen molar-refractivity contribution in [3.63, 3.8) is 0 Å². The van der Waals surface area contributed by atoms with Crippen molar-refractivity contribution >= 4 is 22.6 Å².